The van der Waals surface area contributed by atoms with E-state index in [4.69, 9.17) is 9.72 Å². The summed E-state index contributed by atoms with van der Waals surface area (Å²) in [5.41, 5.74) is 2.92. The molecule has 0 radical (unpaired) electrons. The van der Waals surface area contributed by atoms with E-state index in [9.17, 15) is 8.42 Å². The van der Waals surface area contributed by atoms with Crippen LogP contribution in [0.15, 0.2) is 59.6 Å². The molecule has 0 spiro atoms. The van der Waals surface area contributed by atoms with E-state index in [2.05, 4.69) is 56.7 Å². The molecular formula is C30H40N6O3S. The van der Waals surface area contributed by atoms with Crippen LogP contribution in [0.2, 0.25) is 0 Å². The van der Waals surface area contributed by atoms with E-state index < -0.39 is 15.1 Å². The Balaban J connectivity index is 1.32. The highest BCUT2D eigenvalue weighted by atomic mass is 32.2. The Morgan fingerprint density at radius 3 is 2.33 bits per heavy atom. The number of rotatable bonds is 10. The van der Waals surface area contributed by atoms with Crippen molar-refractivity contribution in [1.29, 1.82) is 0 Å². The number of hydrogen-bond donors (Lipinski definition) is 2. The Morgan fingerprint density at radius 2 is 1.68 bits per heavy atom. The Morgan fingerprint density at radius 1 is 1.00 bits per heavy atom. The van der Waals surface area contributed by atoms with E-state index in [0.29, 0.717) is 30.0 Å². The van der Waals surface area contributed by atoms with Gasteiger partial charge in [0, 0.05) is 55.4 Å². The predicted molar refractivity (Wildman–Crippen MR) is 161 cm³/mol. The largest absolute Gasteiger partial charge is 0.497 e. The zero-order valence-electron chi connectivity index (χ0n) is 23.6. The van der Waals surface area contributed by atoms with E-state index in [1.165, 1.54) is 18.5 Å². The summed E-state index contributed by atoms with van der Waals surface area (Å²) in [5, 5.41) is 6.28. The van der Waals surface area contributed by atoms with Crippen molar-refractivity contribution >= 4 is 33.0 Å². The summed E-state index contributed by atoms with van der Waals surface area (Å²) in [6.45, 7) is 5.92. The van der Waals surface area contributed by atoms with Crippen LogP contribution in [0.5, 0.6) is 5.75 Å². The summed E-state index contributed by atoms with van der Waals surface area (Å²) < 4.78 is 31.9. The minimum absolute atomic E-state index is 0.283. The summed E-state index contributed by atoms with van der Waals surface area (Å²) >= 11 is 0. The molecule has 2 fully saturated rings. The van der Waals surface area contributed by atoms with Gasteiger partial charge < -0.3 is 25.2 Å². The van der Waals surface area contributed by atoms with Crippen LogP contribution in [-0.4, -0.2) is 74.9 Å². The number of ether oxygens (including phenoxy) is 1. The minimum atomic E-state index is -3.54. The Hall–Kier alpha value is -3.37. The molecule has 0 bridgehead atoms. The minimum Gasteiger partial charge on any atom is -0.497 e. The van der Waals surface area contributed by atoms with Crippen molar-refractivity contribution in [2.45, 2.75) is 55.2 Å². The normalized spacial score (nSPS) is 17.5. The van der Waals surface area contributed by atoms with Gasteiger partial charge in [0.05, 0.1) is 17.3 Å². The van der Waals surface area contributed by atoms with Crippen LogP contribution in [-0.2, 0) is 16.3 Å². The summed E-state index contributed by atoms with van der Waals surface area (Å²) in [4.78, 5) is 14.4. The Bertz CT molecular complexity index is 1370. The molecule has 1 saturated carbocycles. The standard InChI is InChI=1S/C30H40N6O3S/c1-22(40(37,38)28-14-12-27(39-3)13-15-28)20-23-21-31-30(34-29(23)32-24-6-4-5-7-24)33-25-8-10-26(11-9-25)36-18-16-35(2)17-19-36/h8-15,21-22,24H,4-7,16-20H2,1-3H3,(H2,31,32,33,34). The number of piperazine rings is 1. The van der Waals surface area contributed by atoms with Gasteiger partial charge in [-0.2, -0.15) is 4.98 Å². The number of methoxy groups -OCH3 is 1. The zero-order chi connectivity index (χ0) is 28.1. The van der Waals surface area contributed by atoms with Gasteiger partial charge in [0.2, 0.25) is 5.95 Å². The first-order chi connectivity index (χ1) is 19.3. The Labute approximate surface area is 237 Å². The average Bonchev–Trinajstić information content (AvgIpc) is 3.48. The van der Waals surface area contributed by atoms with Crippen molar-refractivity contribution in [3.8, 4) is 5.75 Å². The molecule has 1 aliphatic carbocycles. The Kier molecular flexibility index (Phi) is 8.75. The fourth-order valence-electron chi connectivity index (χ4n) is 5.37. The van der Waals surface area contributed by atoms with Crippen molar-refractivity contribution < 1.29 is 13.2 Å². The third-order valence-electron chi connectivity index (χ3n) is 7.98. The second-order valence-corrected chi connectivity index (χ2v) is 13.3. The quantitative estimate of drug-likeness (QED) is 0.362. The average molecular weight is 565 g/mol. The maximum atomic E-state index is 13.3. The summed E-state index contributed by atoms with van der Waals surface area (Å²) in [6, 6.07) is 15.2. The van der Waals surface area contributed by atoms with Crippen LogP contribution in [0.4, 0.5) is 23.1 Å². The van der Waals surface area contributed by atoms with Crippen LogP contribution in [0, 0.1) is 0 Å². The van der Waals surface area contributed by atoms with E-state index >= 15 is 0 Å². The first kappa shape index (κ1) is 28.2. The molecule has 1 aromatic heterocycles. The van der Waals surface area contributed by atoms with Gasteiger partial charge in [-0.1, -0.05) is 12.8 Å². The third-order valence-corrected chi connectivity index (χ3v) is 10.1. The molecule has 40 heavy (non-hydrogen) atoms. The second kappa shape index (κ2) is 12.4. The molecule has 2 aliphatic rings. The molecule has 9 nitrogen and oxygen atoms in total. The number of sulfone groups is 1. The monoisotopic (exact) mass is 564 g/mol. The number of hydrogen-bond acceptors (Lipinski definition) is 9. The SMILES string of the molecule is COc1ccc(S(=O)(=O)C(C)Cc2cnc(Nc3ccc(N4CCN(C)CC4)cc3)nc2NC2CCCC2)cc1. The fraction of sp³-hybridized carbons (Fsp3) is 0.467. The molecule has 1 atom stereocenters. The smallest absolute Gasteiger partial charge is 0.229 e. The van der Waals surface area contributed by atoms with Gasteiger partial charge in [-0.15, -0.1) is 0 Å². The van der Waals surface area contributed by atoms with E-state index in [-0.39, 0.29) is 4.90 Å². The molecule has 2 aromatic carbocycles. The zero-order valence-corrected chi connectivity index (χ0v) is 24.5. The van der Waals surface area contributed by atoms with Gasteiger partial charge in [-0.3, -0.25) is 0 Å². The van der Waals surface area contributed by atoms with E-state index in [1.54, 1.807) is 44.5 Å². The molecule has 1 aliphatic heterocycles. The molecular weight excluding hydrogens is 524 g/mol. The number of aromatic nitrogens is 2. The predicted octanol–water partition coefficient (Wildman–Crippen LogP) is 4.74. The van der Waals surface area contributed by atoms with E-state index in [1.807, 2.05) is 0 Å². The molecule has 2 N–H and O–H groups in total. The van der Waals surface area contributed by atoms with Crippen molar-refractivity contribution in [2.75, 3.05) is 55.9 Å². The molecule has 0 amide bonds. The highest BCUT2D eigenvalue weighted by molar-refractivity contribution is 7.92. The molecule has 5 rings (SSSR count). The van der Waals surface area contributed by atoms with Crippen molar-refractivity contribution in [1.82, 2.24) is 14.9 Å². The fourth-order valence-corrected chi connectivity index (χ4v) is 6.75. The second-order valence-electron chi connectivity index (χ2n) is 10.9. The number of nitrogens with zero attached hydrogens (tertiary/aromatic N) is 4. The van der Waals surface area contributed by atoms with Gasteiger partial charge in [0.25, 0.3) is 0 Å². The number of nitrogens with one attached hydrogen (secondary N) is 2. The van der Waals surface area contributed by atoms with E-state index in [0.717, 1.165) is 50.3 Å². The van der Waals surface area contributed by atoms with Crippen molar-refractivity contribution in [3.63, 3.8) is 0 Å². The van der Waals surface area contributed by atoms with Gasteiger partial charge in [0.1, 0.15) is 11.6 Å². The maximum Gasteiger partial charge on any atom is 0.229 e. The molecule has 1 saturated heterocycles. The first-order valence-electron chi connectivity index (χ1n) is 14.1. The third kappa shape index (κ3) is 6.67. The van der Waals surface area contributed by atoms with Crippen molar-refractivity contribution in [3.05, 3.63) is 60.3 Å². The lowest BCUT2D eigenvalue weighted by atomic mass is 10.1. The van der Waals surface area contributed by atoms with Crippen LogP contribution >= 0.6 is 0 Å². The first-order valence-corrected chi connectivity index (χ1v) is 15.7. The van der Waals surface area contributed by atoms with Gasteiger partial charge in [-0.25, -0.2) is 13.4 Å². The summed E-state index contributed by atoms with van der Waals surface area (Å²) in [5.74, 6) is 1.82. The van der Waals surface area contributed by atoms with Crippen LogP contribution in [0.25, 0.3) is 0 Å². The van der Waals surface area contributed by atoms with Gasteiger partial charge in [-0.05, 0) is 81.8 Å². The van der Waals surface area contributed by atoms with Crippen LogP contribution in [0.1, 0.15) is 38.2 Å². The van der Waals surface area contributed by atoms with Gasteiger partial charge in [0.15, 0.2) is 9.84 Å². The highest BCUT2D eigenvalue weighted by Crippen LogP contribution is 2.28. The number of anilines is 4. The molecule has 2 heterocycles. The highest BCUT2D eigenvalue weighted by Gasteiger charge is 2.26. The maximum absolute atomic E-state index is 13.3. The van der Waals surface area contributed by atoms with Crippen LogP contribution < -0.4 is 20.3 Å². The summed E-state index contributed by atoms with van der Waals surface area (Å²) in [7, 11) is 0.179. The van der Waals surface area contributed by atoms with Crippen LogP contribution in [0.3, 0.4) is 0 Å². The lowest BCUT2D eigenvalue weighted by Gasteiger charge is -2.34. The summed E-state index contributed by atoms with van der Waals surface area (Å²) in [6.07, 6.45) is 6.60. The lowest BCUT2D eigenvalue weighted by Crippen LogP contribution is -2.44. The number of likely N-dealkylation sites (N-methyl/N-ethyl adjacent to an activating group) is 1. The molecule has 1 unspecified atom stereocenters. The molecule has 214 valence electrons. The lowest BCUT2D eigenvalue weighted by molar-refractivity contribution is 0.313. The number of benzene rings is 2. The molecule has 10 heteroatoms. The van der Waals surface area contributed by atoms with Gasteiger partial charge >= 0.3 is 0 Å². The topological polar surface area (TPSA) is 99.7 Å². The van der Waals surface area contributed by atoms with Crippen molar-refractivity contribution in [2.24, 2.45) is 0 Å². The molecule has 3 aromatic rings.